The summed E-state index contributed by atoms with van der Waals surface area (Å²) in [4.78, 5) is 4.02. The molecule has 2 N–H and O–H groups in total. The van der Waals surface area contributed by atoms with Gasteiger partial charge < -0.3 is 5.73 Å². The molecule has 0 aliphatic rings. The van der Waals surface area contributed by atoms with Crippen molar-refractivity contribution in [1.82, 2.24) is 4.98 Å². The van der Waals surface area contributed by atoms with Gasteiger partial charge in [0.25, 0.3) is 0 Å². The molecule has 1 rings (SSSR count). The van der Waals surface area contributed by atoms with Crippen LogP contribution in [-0.4, -0.2) is 11.5 Å². The molecule has 2 nitrogen and oxygen atoms in total. The van der Waals surface area contributed by atoms with Crippen molar-refractivity contribution in [3.05, 3.63) is 29.0 Å². The topological polar surface area (TPSA) is 38.9 Å². The fourth-order valence-electron chi connectivity index (χ4n) is 1.14. The lowest BCUT2D eigenvalue weighted by Crippen LogP contribution is -2.26. The number of hydrogen-bond donors (Lipinski definition) is 1. The lowest BCUT2D eigenvalue weighted by molar-refractivity contribution is 0.376. The first-order chi connectivity index (χ1) is 6.05. The Labute approximate surface area is 84.1 Å². The van der Waals surface area contributed by atoms with E-state index in [1.807, 2.05) is 12.1 Å². The van der Waals surface area contributed by atoms with Gasteiger partial charge >= 0.3 is 0 Å². The molecule has 0 fully saturated rings. The van der Waals surface area contributed by atoms with E-state index in [-0.39, 0.29) is 5.41 Å². The number of aromatic nitrogens is 1. The molecule has 0 aromatic carbocycles. The average molecular weight is 199 g/mol. The highest BCUT2D eigenvalue weighted by Crippen LogP contribution is 2.23. The largest absolute Gasteiger partial charge is 0.330 e. The molecule has 0 unspecified atom stereocenters. The molecule has 0 saturated heterocycles. The van der Waals surface area contributed by atoms with E-state index >= 15 is 0 Å². The predicted octanol–water partition coefficient (Wildman–Crippen LogP) is 2.26. The first-order valence-corrected chi connectivity index (χ1v) is 4.72. The maximum Gasteiger partial charge on any atom is 0.132 e. The highest BCUT2D eigenvalue weighted by atomic mass is 35.5. The Morgan fingerprint density at radius 2 is 2.23 bits per heavy atom. The molecule has 1 heterocycles. The fraction of sp³-hybridized carbons (Fsp3) is 0.500. The van der Waals surface area contributed by atoms with Crippen LogP contribution in [0.4, 0.5) is 0 Å². The minimum Gasteiger partial charge on any atom is -0.330 e. The minimum absolute atomic E-state index is 0.0900. The second-order valence-corrected chi connectivity index (χ2v) is 4.36. The molecular formula is C10H15ClN2. The maximum absolute atomic E-state index is 5.94. The zero-order valence-electron chi connectivity index (χ0n) is 8.05. The first kappa shape index (κ1) is 10.5. The van der Waals surface area contributed by atoms with Crippen LogP contribution in [-0.2, 0) is 6.42 Å². The third kappa shape index (κ3) is 2.98. The molecule has 72 valence electrons. The van der Waals surface area contributed by atoms with Gasteiger partial charge in [-0.05, 0) is 30.0 Å². The van der Waals surface area contributed by atoms with Crippen molar-refractivity contribution in [2.24, 2.45) is 11.1 Å². The zero-order chi connectivity index (χ0) is 9.90. The van der Waals surface area contributed by atoms with Crippen molar-refractivity contribution in [2.45, 2.75) is 20.3 Å². The summed E-state index contributed by atoms with van der Waals surface area (Å²) >= 11 is 5.94. The summed E-state index contributed by atoms with van der Waals surface area (Å²) in [6.07, 6.45) is 2.57. The summed E-state index contributed by atoms with van der Waals surface area (Å²) < 4.78 is 0. The van der Waals surface area contributed by atoms with Gasteiger partial charge in [0.2, 0.25) is 0 Å². The number of nitrogens with two attached hydrogens (primary N) is 1. The molecule has 0 saturated carbocycles. The van der Waals surface area contributed by atoms with Crippen LogP contribution in [0.15, 0.2) is 18.3 Å². The molecule has 0 bridgehead atoms. The van der Waals surface area contributed by atoms with Crippen LogP contribution in [0.25, 0.3) is 0 Å². The van der Waals surface area contributed by atoms with Crippen LogP contribution in [0.5, 0.6) is 0 Å². The average Bonchev–Trinajstić information content (AvgIpc) is 2.09. The van der Waals surface area contributed by atoms with E-state index < -0.39 is 0 Å². The number of rotatable bonds is 3. The molecular weight excluding hydrogens is 184 g/mol. The van der Waals surface area contributed by atoms with Crippen molar-refractivity contribution in [1.29, 1.82) is 0 Å². The van der Waals surface area contributed by atoms with E-state index in [4.69, 9.17) is 17.3 Å². The normalized spacial score (nSPS) is 11.7. The lowest BCUT2D eigenvalue weighted by Gasteiger charge is -2.22. The van der Waals surface area contributed by atoms with Gasteiger partial charge in [-0.15, -0.1) is 0 Å². The van der Waals surface area contributed by atoms with E-state index in [0.717, 1.165) is 12.0 Å². The summed E-state index contributed by atoms with van der Waals surface area (Å²) in [5, 5.41) is 0.587. The van der Waals surface area contributed by atoms with Crippen LogP contribution in [0, 0.1) is 5.41 Å². The molecule has 0 spiro atoms. The zero-order valence-corrected chi connectivity index (χ0v) is 8.80. The third-order valence-electron chi connectivity index (χ3n) is 2.06. The van der Waals surface area contributed by atoms with E-state index in [0.29, 0.717) is 11.7 Å². The van der Waals surface area contributed by atoms with Crippen molar-refractivity contribution in [2.75, 3.05) is 6.54 Å². The Kier molecular flexibility index (Phi) is 3.28. The van der Waals surface area contributed by atoms with E-state index in [1.54, 1.807) is 6.20 Å². The minimum atomic E-state index is 0.0900. The monoisotopic (exact) mass is 198 g/mol. The summed E-state index contributed by atoms with van der Waals surface area (Å²) in [5.74, 6) is 0. The van der Waals surface area contributed by atoms with E-state index in [1.165, 1.54) is 0 Å². The molecule has 0 aliphatic carbocycles. The van der Waals surface area contributed by atoms with Gasteiger partial charge in [0, 0.05) is 6.20 Å². The lowest BCUT2D eigenvalue weighted by atomic mass is 9.86. The molecule has 1 aromatic heterocycles. The number of hydrogen-bond acceptors (Lipinski definition) is 2. The van der Waals surface area contributed by atoms with Crippen molar-refractivity contribution in [3.63, 3.8) is 0 Å². The molecule has 3 heteroatoms. The number of halogens is 1. The molecule has 0 amide bonds. The quantitative estimate of drug-likeness (QED) is 0.757. The summed E-state index contributed by atoms with van der Waals surface area (Å²) in [6.45, 7) is 4.89. The number of nitrogens with zero attached hydrogens (tertiary/aromatic N) is 1. The van der Waals surface area contributed by atoms with Gasteiger partial charge in [0.05, 0.1) is 0 Å². The summed E-state index contributed by atoms with van der Waals surface area (Å²) in [5.41, 5.74) is 6.80. The maximum atomic E-state index is 5.94. The van der Waals surface area contributed by atoms with Gasteiger partial charge in [0.15, 0.2) is 0 Å². The molecule has 0 radical (unpaired) electrons. The van der Waals surface area contributed by atoms with Crippen LogP contribution >= 0.6 is 11.6 Å². The van der Waals surface area contributed by atoms with Crippen molar-refractivity contribution >= 4 is 11.6 Å². The van der Waals surface area contributed by atoms with Crippen LogP contribution in [0.1, 0.15) is 19.4 Å². The molecule has 13 heavy (non-hydrogen) atoms. The van der Waals surface area contributed by atoms with Gasteiger partial charge in [-0.2, -0.15) is 0 Å². The second kappa shape index (κ2) is 4.07. The standard InChI is InChI=1S/C10H15ClN2/c1-10(2,7-12)6-8-4-3-5-13-9(8)11/h3-5H,6-7,12H2,1-2H3. The first-order valence-electron chi connectivity index (χ1n) is 4.35. The third-order valence-corrected chi connectivity index (χ3v) is 2.40. The highest BCUT2D eigenvalue weighted by molar-refractivity contribution is 6.30. The Morgan fingerprint density at radius 3 is 2.77 bits per heavy atom. The Hall–Kier alpha value is -0.600. The van der Waals surface area contributed by atoms with Crippen LogP contribution in [0.3, 0.4) is 0 Å². The van der Waals surface area contributed by atoms with Crippen molar-refractivity contribution in [3.8, 4) is 0 Å². The van der Waals surface area contributed by atoms with E-state index in [2.05, 4.69) is 18.8 Å². The summed E-state index contributed by atoms with van der Waals surface area (Å²) in [7, 11) is 0. The van der Waals surface area contributed by atoms with Gasteiger partial charge in [-0.25, -0.2) is 4.98 Å². The van der Waals surface area contributed by atoms with Crippen LogP contribution in [0.2, 0.25) is 5.15 Å². The summed E-state index contributed by atoms with van der Waals surface area (Å²) in [6, 6.07) is 3.89. The van der Waals surface area contributed by atoms with Crippen molar-refractivity contribution < 1.29 is 0 Å². The van der Waals surface area contributed by atoms with Gasteiger partial charge in [-0.1, -0.05) is 31.5 Å². The Morgan fingerprint density at radius 1 is 1.54 bits per heavy atom. The molecule has 0 atom stereocenters. The van der Waals surface area contributed by atoms with Crippen LogP contribution < -0.4 is 5.73 Å². The predicted molar refractivity (Wildman–Crippen MR) is 55.8 cm³/mol. The highest BCUT2D eigenvalue weighted by Gasteiger charge is 2.17. The Balaban J connectivity index is 2.80. The Bertz CT molecular complexity index is 284. The SMILES string of the molecule is CC(C)(CN)Cc1cccnc1Cl. The molecule has 1 aromatic rings. The number of pyridine rings is 1. The van der Waals surface area contributed by atoms with E-state index in [9.17, 15) is 0 Å². The second-order valence-electron chi connectivity index (χ2n) is 4.00. The molecule has 0 aliphatic heterocycles. The smallest absolute Gasteiger partial charge is 0.132 e. The fourth-order valence-corrected chi connectivity index (χ4v) is 1.33. The van der Waals surface area contributed by atoms with Gasteiger partial charge in [-0.3, -0.25) is 0 Å². The van der Waals surface area contributed by atoms with Gasteiger partial charge in [0.1, 0.15) is 5.15 Å².